The van der Waals surface area contributed by atoms with Gasteiger partial charge in [-0.05, 0) is 31.4 Å². The topological polar surface area (TPSA) is 45.2 Å². The van der Waals surface area contributed by atoms with E-state index in [9.17, 15) is 18.0 Å². The molecule has 1 aromatic rings. The number of nitrogens with one attached hydrogen (secondary N) is 1. The predicted molar refractivity (Wildman–Crippen MR) is 68.7 cm³/mol. The normalized spacial score (nSPS) is 16.1. The monoisotopic (exact) mass is 287 g/mol. The van der Waals surface area contributed by atoms with Gasteiger partial charge in [0.15, 0.2) is 5.69 Å². The van der Waals surface area contributed by atoms with Crippen LogP contribution in [-0.4, -0.2) is 31.0 Å². The van der Waals surface area contributed by atoms with Crippen molar-refractivity contribution in [3.8, 4) is 0 Å². The maximum absolute atomic E-state index is 13.1. The standard InChI is InChI=1S/C13H16F3N3O/c1-17-12(20)9-5-6-10(11(18-9)13(14,15)16)19-7-3-2-4-8-19/h5-6H,2-4,7-8H2,1H3,(H,17,20). The third-order valence-electron chi connectivity index (χ3n) is 3.30. The van der Waals surface area contributed by atoms with Gasteiger partial charge in [0.2, 0.25) is 0 Å². The van der Waals surface area contributed by atoms with Gasteiger partial charge in [-0.25, -0.2) is 4.98 Å². The van der Waals surface area contributed by atoms with Crippen LogP contribution in [0.15, 0.2) is 12.1 Å². The van der Waals surface area contributed by atoms with Gasteiger partial charge in [-0.1, -0.05) is 0 Å². The zero-order valence-corrected chi connectivity index (χ0v) is 11.1. The summed E-state index contributed by atoms with van der Waals surface area (Å²) in [6.45, 7) is 1.17. The first kappa shape index (κ1) is 14.6. The third kappa shape index (κ3) is 3.02. The first-order valence-electron chi connectivity index (χ1n) is 6.49. The minimum absolute atomic E-state index is 0.0600. The summed E-state index contributed by atoms with van der Waals surface area (Å²) >= 11 is 0. The number of carbonyl (C=O) groups is 1. The van der Waals surface area contributed by atoms with Gasteiger partial charge in [-0.15, -0.1) is 0 Å². The number of hydrogen-bond acceptors (Lipinski definition) is 3. The van der Waals surface area contributed by atoms with Gasteiger partial charge in [0.1, 0.15) is 5.69 Å². The van der Waals surface area contributed by atoms with Crippen molar-refractivity contribution in [1.82, 2.24) is 10.3 Å². The Morgan fingerprint density at radius 3 is 2.45 bits per heavy atom. The molecule has 4 nitrogen and oxygen atoms in total. The number of aromatic nitrogens is 1. The average Bonchev–Trinajstić information content (AvgIpc) is 2.46. The molecule has 7 heteroatoms. The lowest BCUT2D eigenvalue weighted by Gasteiger charge is -2.30. The molecule has 1 saturated heterocycles. The molecule has 0 bridgehead atoms. The molecule has 0 aliphatic carbocycles. The summed E-state index contributed by atoms with van der Waals surface area (Å²) in [5, 5.41) is 2.28. The largest absolute Gasteiger partial charge is 0.435 e. The molecule has 1 aromatic heterocycles. The second kappa shape index (κ2) is 5.68. The van der Waals surface area contributed by atoms with Gasteiger partial charge in [-0.3, -0.25) is 4.79 Å². The third-order valence-corrected chi connectivity index (χ3v) is 3.30. The van der Waals surface area contributed by atoms with Crippen LogP contribution in [-0.2, 0) is 6.18 Å². The van der Waals surface area contributed by atoms with E-state index in [4.69, 9.17) is 0 Å². The van der Waals surface area contributed by atoms with E-state index in [2.05, 4.69) is 10.3 Å². The Kier molecular flexibility index (Phi) is 4.15. The van der Waals surface area contributed by atoms with Crippen molar-refractivity contribution in [1.29, 1.82) is 0 Å². The number of nitrogens with zero attached hydrogens (tertiary/aromatic N) is 2. The molecular weight excluding hydrogens is 271 g/mol. The van der Waals surface area contributed by atoms with Crippen LogP contribution in [0.5, 0.6) is 0 Å². The molecule has 1 aliphatic rings. The molecule has 1 aliphatic heterocycles. The number of halogens is 3. The van der Waals surface area contributed by atoms with Crippen LogP contribution in [0.1, 0.15) is 35.4 Å². The van der Waals surface area contributed by atoms with E-state index in [-0.39, 0.29) is 11.4 Å². The number of piperidine rings is 1. The fourth-order valence-electron chi connectivity index (χ4n) is 2.30. The molecule has 2 rings (SSSR count). The fourth-order valence-corrected chi connectivity index (χ4v) is 2.30. The summed E-state index contributed by atoms with van der Waals surface area (Å²) < 4.78 is 39.4. The predicted octanol–water partition coefficient (Wildman–Crippen LogP) is 2.45. The Morgan fingerprint density at radius 1 is 1.25 bits per heavy atom. The molecule has 0 unspecified atom stereocenters. The van der Waals surface area contributed by atoms with Gasteiger partial charge in [0.05, 0.1) is 5.69 Å². The van der Waals surface area contributed by atoms with Gasteiger partial charge >= 0.3 is 6.18 Å². The lowest BCUT2D eigenvalue weighted by Crippen LogP contribution is -2.32. The van der Waals surface area contributed by atoms with E-state index >= 15 is 0 Å². The molecule has 0 atom stereocenters. The lowest BCUT2D eigenvalue weighted by molar-refractivity contribution is -0.140. The molecule has 0 saturated carbocycles. The molecule has 110 valence electrons. The van der Waals surface area contributed by atoms with Crippen molar-refractivity contribution in [3.05, 3.63) is 23.5 Å². The Morgan fingerprint density at radius 2 is 1.90 bits per heavy atom. The van der Waals surface area contributed by atoms with E-state index in [1.807, 2.05) is 0 Å². The number of anilines is 1. The molecule has 0 radical (unpaired) electrons. The smallest absolute Gasteiger partial charge is 0.370 e. The fraction of sp³-hybridized carbons (Fsp3) is 0.538. The van der Waals surface area contributed by atoms with Crippen LogP contribution < -0.4 is 10.2 Å². The molecular formula is C13H16F3N3O. The van der Waals surface area contributed by atoms with E-state index in [0.29, 0.717) is 13.1 Å². The zero-order valence-electron chi connectivity index (χ0n) is 11.1. The summed E-state index contributed by atoms with van der Waals surface area (Å²) in [6.07, 6.45) is -1.80. The van der Waals surface area contributed by atoms with Crippen molar-refractivity contribution < 1.29 is 18.0 Å². The second-order valence-electron chi connectivity index (χ2n) is 4.69. The summed E-state index contributed by atoms with van der Waals surface area (Å²) in [6, 6.07) is 2.67. The Balaban J connectivity index is 2.42. The summed E-state index contributed by atoms with van der Waals surface area (Å²) in [5.41, 5.74) is -1.15. The Hall–Kier alpha value is -1.79. The lowest BCUT2D eigenvalue weighted by atomic mass is 10.1. The quantitative estimate of drug-likeness (QED) is 0.908. The molecule has 1 amide bonds. The Bertz CT molecular complexity index is 496. The van der Waals surface area contributed by atoms with Crippen LogP contribution in [0.4, 0.5) is 18.9 Å². The van der Waals surface area contributed by atoms with Crippen LogP contribution in [0.3, 0.4) is 0 Å². The molecule has 2 heterocycles. The average molecular weight is 287 g/mol. The van der Waals surface area contributed by atoms with Crippen molar-refractivity contribution in [2.45, 2.75) is 25.4 Å². The Labute approximate surface area is 115 Å². The SMILES string of the molecule is CNC(=O)c1ccc(N2CCCCC2)c(C(F)(F)F)n1. The first-order valence-corrected chi connectivity index (χ1v) is 6.49. The van der Waals surface area contributed by atoms with Crippen LogP contribution in [0.2, 0.25) is 0 Å². The number of hydrogen-bond donors (Lipinski definition) is 1. The van der Waals surface area contributed by atoms with Crippen molar-refractivity contribution >= 4 is 11.6 Å². The van der Waals surface area contributed by atoms with Crippen molar-refractivity contribution in [2.75, 3.05) is 25.0 Å². The van der Waals surface area contributed by atoms with Crippen LogP contribution in [0, 0.1) is 0 Å². The molecule has 1 fully saturated rings. The molecule has 1 N–H and O–H groups in total. The number of alkyl halides is 3. The summed E-state index contributed by atoms with van der Waals surface area (Å²) in [4.78, 5) is 16.6. The van der Waals surface area contributed by atoms with E-state index in [1.54, 1.807) is 4.90 Å². The molecule has 0 spiro atoms. The minimum atomic E-state index is -4.57. The first-order chi connectivity index (χ1) is 9.43. The summed E-state index contributed by atoms with van der Waals surface area (Å²) in [7, 11) is 1.36. The summed E-state index contributed by atoms with van der Waals surface area (Å²) in [5.74, 6) is -0.624. The number of carbonyl (C=O) groups excluding carboxylic acids is 1. The van der Waals surface area contributed by atoms with E-state index in [0.717, 1.165) is 19.3 Å². The van der Waals surface area contributed by atoms with Crippen LogP contribution >= 0.6 is 0 Å². The van der Waals surface area contributed by atoms with Crippen LogP contribution in [0.25, 0.3) is 0 Å². The van der Waals surface area contributed by atoms with Gasteiger partial charge in [-0.2, -0.15) is 13.2 Å². The number of pyridine rings is 1. The number of rotatable bonds is 2. The van der Waals surface area contributed by atoms with Crippen molar-refractivity contribution in [3.63, 3.8) is 0 Å². The maximum Gasteiger partial charge on any atom is 0.435 e. The van der Waals surface area contributed by atoms with Gasteiger partial charge in [0, 0.05) is 20.1 Å². The van der Waals surface area contributed by atoms with E-state index < -0.39 is 17.8 Å². The molecule has 20 heavy (non-hydrogen) atoms. The maximum atomic E-state index is 13.1. The highest BCUT2D eigenvalue weighted by Crippen LogP contribution is 2.36. The van der Waals surface area contributed by atoms with E-state index in [1.165, 1.54) is 19.2 Å². The van der Waals surface area contributed by atoms with Gasteiger partial charge < -0.3 is 10.2 Å². The molecule has 0 aromatic carbocycles. The van der Waals surface area contributed by atoms with Gasteiger partial charge in [0.25, 0.3) is 5.91 Å². The van der Waals surface area contributed by atoms with Crippen molar-refractivity contribution in [2.24, 2.45) is 0 Å². The second-order valence-corrected chi connectivity index (χ2v) is 4.69. The minimum Gasteiger partial charge on any atom is -0.370 e. The highest BCUT2D eigenvalue weighted by molar-refractivity contribution is 5.92. The zero-order chi connectivity index (χ0) is 14.8. The highest BCUT2D eigenvalue weighted by Gasteiger charge is 2.37. The highest BCUT2D eigenvalue weighted by atomic mass is 19.4. The number of amides is 1.